The summed E-state index contributed by atoms with van der Waals surface area (Å²) < 4.78 is 13.5. The predicted molar refractivity (Wildman–Crippen MR) is 64.7 cm³/mol. The molecule has 16 heavy (non-hydrogen) atoms. The third kappa shape index (κ3) is 2.58. The van der Waals surface area contributed by atoms with Crippen molar-refractivity contribution in [2.24, 2.45) is 5.92 Å². The zero-order valence-electron chi connectivity index (χ0n) is 8.72. The molecule has 0 saturated heterocycles. The maximum absolute atomic E-state index is 13.5. The van der Waals surface area contributed by atoms with E-state index in [9.17, 15) is 4.39 Å². The Hall–Kier alpha value is -0.540. The van der Waals surface area contributed by atoms with Gasteiger partial charge in [-0.2, -0.15) is 0 Å². The van der Waals surface area contributed by atoms with Crippen molar-refractivity contribution < 1.29 is 4.39 Å². The number of anilines is 1. The number of nitrogens with zero attached hydrogens (tertiary/aromatic N) is 1. The van der Waals surface area contributed by atoms with E-state index in [1.807, 2.05) is 0 Å². The van der Waals surface area contributed by atoms with Gasteiger partial charge in [0.2, 0.25) is 0 Å². The average Bonchev–Trinajstić information content (AvgIpc) is 2.69. The molecule has 1 fully saturated rings. The van der Waals surface area contributed by atoms with Gasteiger partial charge in [-0.15, -0.1) is 11.6 Å². The molecule has 0 spiro atoms. The van der Waals surface area contributed by atoms with E-state index in [0.29, 0.717) is 16.8 Å². The van der Waals surface area contributed by atoms with E-state index in [-0.39, 0.29) is 11.9 Å². The number of hydrogen-bond acceptors (Lipinski definition) is 2. The van der Waals surface area contributed by atoms with Gasteiger partial charge in [-0.05, 0) is 24.8 Å². The lowest BCUT2D eigenvalue weighted by Gasteiger charge is -2.19. The molecule has 1 N–H and O–H groups in total. The molecular weight excluding hydrogens is 250 g/mol. The first-order chi connectivity index (χ1) is 7.70. The van der Waals surface area contributed by atoms with Crippen LogP contribution in [0, 0.1) is 11.7 Å². The van der Waals surface area contributed by atoms with Gasteiger partial charge in [0.15, 0.2) is 11.6 Å². The Balaban J connectivity index is 2.08. The fraction of sp³-hybridized carbons (Fsp3) is 0.545. The lowest BCUT2D eigenvalue weighted by Crippen LogP contribution is -2.26. The van der Waals surface area contributed by atoms with E-state index in [4.69, 9.17) is 23.2 Å². The molecule has 1 aliphatic rings. The van der Waals surface area contributed by atoms with Crippen LogP contribution in [0.1, 0.15) is 19.3 Å². The van der Waals surface area contributed by atoms with Crippen molar-refractivity contribution in [2.75, 3.05) is 11.2 Å². The molecular formula is C11H13Cl2FN2. The van der Waals surface area contributed by atoms with Crippen LogP contribution in [0.25, 0.3) is 0 Å². The molecule has 0 bridgehead atoms. The van der Waals surface area contributed by atoms with Crippen molar-refractivity contribution in [1.82, 2.24) is 4.98 Å². The minimum Gasteiger partial charge on any atom is -0.365 e. The minimum absolute atomic E-state index is 0.223. The van der Waals surface area contributed by atoms with Gasteiger partial charge in [0, 0.05) is 18.1 Å². The van der Waals surface area contributed by atoms with Gasteiger partial charge in [0.1, 0.15) is 0 Å². The highest BCUT2D eigenvalue weighted by atomic mass is 35.5. The Kier molecular flexibility index (Phi) is 3.87. The van der Waals surface area contributed by atoms with E-state index in [1.165, 1.54) is 12.3 Å². The van der Waals surface area contributed by atoms with Crippen molar-refractivity contribution >= 4 is 29.0 Å². The van der Waals surface area contributed by atoms with Crippen LogP contribution in [0.15, 0.2) is 12.3 Å². The number of alkyl halides is 1. The van der Waals surface area contributed by atoms with Crippen LogP contribution < -0.4 is 5.32 Å². The molecule has 5 heteroatoms. The third-order valence-corrected chi connectivity index (χ3v) is 3.59. The summed E-state index contributed by atoms with van der Waals surface area (Å²) in [6.45, 7) is 0. The fourth-order valence-electron chi connectivity index (χ4n) is 2.11. The molecule has 2 nitrogen and oxygen atoms in total. The summed E-state index contributed by atoms with van der Waals surface area (Å²) in [4.78, 5) is 3.95. The molecule has 1 saturated carbocycles. The number of rotatable bonds is 3. The molecule has 1 heterocycles. The third-order valence-electron chi connectivity index (χ3n) is 2.99. The molecule has 1 aromatic heterocycles. The number of hydrogen-bond donors (Lipinski definition) is 1. The molecule has 0 radical (unpaired) electrons. The first-order valence-corrected chi connectivity index (χ1v) is 6.25. The van der Waals surface area contributed by atoms with E-state index in [2.05, 4.69) is 10.3 Å². The second kappa shape index (κ2) is 5.19. The zero-order valence-corrected chi connectivity index (χ0v) is 10.2. The maximum Gasteiger partial charge on any atom is 0.166 e. The van der Waals surface area contributed by atoms with Gasteiger partial charge < -0.3 is 5.32 Å². The summed E-state index contributed by atoms with van der Waals surface area (Å²) in [6, 6.07) is 1.49. The molecule has 0 amide bonds. The van der Waals surface area contributed by atoms with E-state index >= 15 is 0 Å². The zero-order chi connectivity index (χ0) is 11.5. The number of pyridine rings is 1. The standard InChI is InChI=1S/C11H13Cl2FN2/c12-5-7-2-1-3-10(7)16-11-9(14)4-8(13)6-15-11/h4,6-7,10H,1-3,5H2,(H,15,16). The quantitative estimate of drug-likeness (QED) is 0.841. The molecule has 0 aromatic carbocycles. The Morgan fingerprint density at radius 1 is 1.50 bits per heavy atom. The lowest BCUT2D eigenvalue weighted by atomic mass is 10.1. The molecule has 2 unspecified atom stereocenters. The summed E-state index contributed by atoms with van der Waals surface area (Å²) in [5, 5.41) is 3.42. The lowest BCUT2D eigenvalue weighted by molar-refractivity contribution is 0.552. The van der Waals surface area contributed by atoms with Crippen LogP contribution in [0.3, 0.4) is 0 Å². The van der Waals surface area contributed by atoms with Gasteiger partial charge in [-0.25, -0.2) is 9.37 Å². The fourth-order valence-corrected chi connectivity index (χ4v) is 2.62. The topological polar surface area (TPSA) is 24.9 Å². The van der Waals surface area contributed by atoms with E-state index < -0.39 is 5.82 Å². The summed E-state index contributed by atoms with van der Waals surface area (Å²) in [6.07, 6.45) is 4.68. The van der Waals surface area contributed by atoms with Crippen LogP contribution in [0.4, 0.5) is 10.2 Å². The monoisotopic (exact) mass is 262 g/mol. The molecule has 1 aromatic rings. The van der Waals surface area contributed by atoms with Crippen molar-refractivity contribution in [3.05, 3.63) is 23.1 Å². The van der Waals surface area contributed by atoms with Gasteiger partial charge >= 0.3 is 0 Å². The number of nitrogens with one attached hydrogen (secondary N) is 1. The largest absolute Gasteiger partial charge is 0.365 e. The highest BCUT2D eigenvalue weighted by molar-refractivity contribution is 6.30. The number of halogens is 3. The van der Waals surface area contributed by atoms with E-state index in [0.717, 1.165) is 19.3 Å². The van der Waals surface area contributed by atoms with Crippen LogP contribution >= 0.6 is 23.2 Å². The Morgan fingerprint density at radius 3 is 3.00 bits per heavy atom. The summed E-state index contributed by atoms with van der Waals surface area (Å²) in [5.41, 5.74) is 0. The van der Waals surface area contributed by atoms with Crippen LogP contribution in [0.2, 0.25) is 5.02 Å². The van der Waals surface area contributed by atoms with Crippen LogP contribution in [0.5, 0.6) is 0 Å². The Bertz CT molecular complexity index is 373. The van der Waals surface area contributed by atoms with Crippen LogP contribution in [-0.2, 0) is 0 Å². The van der Waals surface area contributed by atoms with E-state index in [1.54, 1.807) is 0 Å². The first kappa shape index (κ1) is 11.9. The first-order valence-electron chi connectivity index (χ1n) is 5.34. The minimum atomic E-state index is -0.410. The second-order valence-electron chi connectivity index (χ2n) is 4.08. The molecule has 2 atom stereocenters. The Labute approximate surface area is 104 Å². The second-order valence-corrected chi connectivity index (χ2v) is 4.83. The van der Waals surface area contributed by atoms with Gasteiger partial charge in [-0.1, -0.05) is 18.0 Å². The molecule has 0 aliphatic heterocycles. The summed E-state index contributed by atoms with van der Waals surface area (Å²) >= 11 is 11.5. The van der Waals surface area contributed by atoms with Gasteiger partial charge in [0.25, 0.3) is 0 Å². The molecule has 88 valence electrons. The molecule has 2 rings (SSSR count). The Morgan fingerprint density at radius 2 is 2.31 bits per heavy atom. The van der Waals surface area contributed by atoms with Crippen molar-refractivity contribution in [3.8, 4) is 0 Å². The van der Waals surface area contributed by atoms with Crippen molar-refractivity contribution in [3.63, 3.8) is 0 Å². The summed E-state index contributed by atoms with van der Waals surface area (Å²) in [7, 11) is 0. The maximum atomic E-state index is 13.5. The molecule has 1 aliphatic carbocycles. The average molecular weight is 263 g/mol. The van der Waals surface area contributed by atoms with Gasteiger partial charge in [0.05, 0.1) is 5.02 Å². The predicted octanol–water partition coefficient (Wildman–Crippen LogP) is 3.69. The summed E-state index contributed by atoms with van der Waals surface area (Å²) in [5.74, 6) is 0.866. The highest BCUT2D eigenvalue weighted by Crippen LogP contribution is 2.29. The normalized spacial score (nSPS) is 24.7. The van der Waals surface area contributed by atoms with Crippen LogP contribution in [-0.4, -0.2) is 16.9 Å². The highest BCUT2D eigenvalue weighted by Gasteiger charge is 2.27. The SMILES string of the molecule is Fc1cc(Cl)cnc1NC1CCCC1CCl. The smallest absolute Gasteiger partial charge is 0.166 e. The van der Waals surface area contributed by atoms with Crippen molar-refractivity contribution in [1.29, 1.82) is 0 Å². The number of aromatic nitrogens is 1. The van der Waals surface area contributed by atoms with Crippen molar-refractivity contribution in [2.45, 2.75) is 25.3 Å². The van der Waals surface area contributed by atoms with Gasteiger partial charge in [-0.3, -0.25) is 0 Å².